The van der Waals surface area contributed by atoms with Crippen molar-refractivity contribution in [3.05, 3.63) is 53.5 Å². The van der Waals surface area contributed by atoms with E-state index in [1.54, 1.807) is 6.20 Å². The molecule has 0 atom stereocenters. The fourth-order valence-electron chi connectivity index (χ4n) is 2.63. The van der Waals surface area contributed by atoms with E-state index in [0.717, 1.165) is 56.2 Å². The maximum Gasteiger partial charge on any atom is 0.197 e. The maximum atomic E-state index is 12.8. The van der Waals surface area contributed by atoms with E-state index in [1.807, 2.05) is 12.1 Å². The van der Waals surface area contributed by atoms with Gasteiger partial charge in [-0.15, -0.1) is 12.4 Å². The molecule has 1 saturated heterocycles. The van der Waals surface area contributed by atoms with Crippen molar-refractivity contribution >= 4 is 12.4 Å². The summed E-state index contributed by atoms with van der Waals surface area (Å²) in [5.74, 6) is 1.89. The van der Waals surface area contributed by atoms with E-state index < -0.39 is 0 Å². The summed E-state index contributed by atoms with van der Waals surface area (Å²) in [6.07, 6.45) is 4.63. The van der Waals surface area contributed by atoms with Crippen molar-refractivity contribution in [1.29, 1.82) is 0 Å². The van der Waals surface area contributed by atoms with Crippen LogP contribution in [0.15, 0.2) is 34.9 Å². The Morgan fingerprint density at radius 3 is 2.65 bits per heavy atom. The third-order valence-electron chi connectivity index (χ3n) is 3.94. The van der Waals surface area contributed by atoms with Crippen LogP contribution in [0.25, 0.3) is 0 Å². The van der Waals surface area contributed by atoms with Crippen LogP contribution >= 0.6 is 12.4 Å². The summed E-state index contributed by atoms with van der Waals surface area (Å²) in [7, 11) is 0. The number of rotatable bonds is 6. The Hall–Kier alpha value is -1.43. The van der Waals surface area contributed by atoms with Gasteiger partial charge in [0.05, 0.1) is 12.7 Å². The quantitative estimate of drug-likeness (QED) is 0.818. The molecule has 2 aromatic rings. The van der Waals surface area contributed by atoms with Crippen LogP contribution in [-0.2, 0) is 17.7 Å². The summed E-state index contributed by atoms with van der Waals surface area (Å²) in [5, 5.41) is 3.33. The zero-order chi connectivity index (χ0) is 15.2. The molecule has 2 heterocycles. The number of hydrogen-bond donors (Lipinski definition) is 1. The zero-order valence-corrected chi connectivity index (χ0v) is 13.8. The topological polar surface area (TPSA) is 47.3 Å². The Morgan fingerprint density at radius 2 is 1.91 bits per heavy atom. The van der Waals surface area contributed by atoms with Crippen LogP contribution in [0.1, 0.15) is 36.0 Å². The molecule has 0 saturated carbocycles. The van der Waals surface area contributed by atoms with Gasteiger partial charge in [0.15, 0.2) is 5.89 Å². The van der Waals surface area contributed by atoms with Crippen LogP contribution in [0.2, 0.25) is 0 Å². The minimum Gasteiger partial charge on any atom is -0.444 e. The number of nitrogens with zero attached hydrogens (tertiary/aromatic N) is 1. The summed E-state index contributed by atoms with van der Waals surface area (Å²) >= 11 is 0. The first-order valence-electron chi connectivity index (χ1n) is 7.79. The second-order valence-corrected chi connectivity index (χ2v) is 5.60. The van der Waals surface area contributed by atoms with Gasteiger partial charge in [0, 0.05) is 19.1 Å². The van der Waals surface area contributed by atoms with Crippen molar-refractivity contribution in [2.45, 2.75) is 31.7 Å². The number of halogens is 2. The van der Waals surface area contributed by atoms with Crippen molar-refractivity contribution in [3.8, 4) is 0 Å². The van der Waals surface area contributed by atoms with E-state index in [2.05, 4.69) is 10.3 Å². The predicted molar refractivity (Wildman–Crippen MR) is 88.4 cm³/mol. The number of oxazole rings is 1. The number of benzene rings is 1. The van der Waals surface area contributed by atoms with Gasteiger partial charge in [0.25, 0.3) is 0 Å². The van der Waals surface area contributed by atoms with E-state index in [0.29, 0.717) is 12.5 Å². The van der Waals surface area contributed by atoms with Gasteiger partial charge in [-0.25, -0.2) is 9.37 Å². The molecular weight excluding hydrogens is 319 g/mol. The van der Waals surface area contributed by atoms with E-state index in [4.69, 9.17) is 9.15 Å². The van der Waals surface area contributed by atoms with Crippen molar-refractivity contribution in [2.75, 3.05) is 19.8 Å². The Kier molecular flexibility index (Phi) is 7.02. The standard InChI is InChI=1S/C17H21FN2O2.ClH/c18-15-3-1-13(2-4-15)5-8-19-11-16-12-20-17(22-16)14-6-9-21-10-7-14;/h1-4,12,14,19H,5-11H2;1H. The molecule has 3 rings (SSSR count). The Balaban J connectivity index is 0.00000192. The van der Waals surface area contributed by atoms with E-state index >= 15 is 0 Å². The average molecular weight is 341 g/mol. The lowest BCUT2D eigenvalue weighted by atomic mass is 10.0. The monoisotopic (exact) mass is 340 g/mol. The zero-order valence-electron chi connectivity index (χ0n) is 13.0. The molecule has 1 fully saturated rings. The lowest BCUT2D eigenvalue weighted by Crippen LogP contribution is -2.16. The van der Waals surface area contributed by atoms with E-state index in [9.17, 15) is 4.39 Å². The summed E-state index contributed by atoms with van der Waals surface area (Å²) in [4.78, 5) is 4.38. The summed E-state index contributed by atoms with van der Waals surface area (Å²) < 4.78 is 24.0. The fourth-order valence-corrected chi connectivity index (χ4v) is 2.63. The third kappa shape index (κ3) is 5.30. The van der Waals surface area contributed by atoms with Crippen LogP contribution in [0, 0.1) is 5.82 Å². The average Bonchev–Trinajstić information content (AvgIpc) is 3.03. The highest BCUT2D eigenvalue weighted by Gasteiger charge is 2.20. The molecule has 4 nitrogen and oxygen atoms in total. The number of ether oxygens (including phenoxy) is 1. The first-order chi connectivity index (χ1) is 10.8. The van der Waals surface area contributed by atoms with Gasteiger partial charge in [-0.2, -0.15) is 0 Å². The summed E-state index contributed by atoms with van der Waals surface area (Å²) in [6, 6.07) is 6.61. The molecule has 1 aromatic heterocycles. The molecule has 1 aliphatic heterocycles. The first-order valence-corrected chi connectivity index (χ1v) is 7.79. The highest BCUT2D eigenvalue weighted by Crippen LogP contribution is 2.26. The molecule has 1 N–H and O–H groups in total. The molecule has 126 valence electrons. The minimum absolute atomic E-state index is 0. The van der Waals surface area contributed by atoms with Gasteiger partial charge in [0.1, 0.15) is 11.6 Å². The number of aromatic nitrogens is 1. The van der Waals surface area contributed by atoms with Crippen LogP contribution < -0.4 is 5.32 Å². The van der Waals surface area contributed by atoms with Gasteiger partial charge in [-0.1, -0.05) is 12.1 Å². The normalized spacial score (nSPS) is 15.3. The highest BCUT2D eigenvalue weighted by molar-refractivity contribution is 5.85. The Morgan fingerprint density at radius 1 is 1.17 bits per heavy atom. The minimum atomic E-state index is -0.195. The molecule has 23 heavy (non-hydrogen) atoms. The number of hydrogen-bond acceptors (Lipinski definition) is 4. The van der Waals surface area contributed by atoms with Crippen molar-refractivity contribution < 1.29 is 13.5 Å². The largest absolute Gasteiger partial charge is 0.444 e. The molecular formula is C17H22ClFN2O2. The van der Waals surface area contributed by atoms with Crippen molar-refractivity contribution in [3.63, 3.8) is 0 Å². The third-order valence-corrected chi connectivity index (χ3v) is 3.94. The molecule has 0 unspecified atom stereocenters. The van der Waals surface area contributed by atoms with Gasteiger partial charge in [-0.05, 0) is 43.5 Å². The molecule has 0 spiro atoms. The Labute approximate surface area is 141 Å². The van der Waals surface area contributed by atoms with Crippen LogP contribution in [0.4, 0.5) is 4.39 Å². The first kappa shape index (κ1) is 17.9. The van der Waals surface area contributed by atoms with Crippen molar-refractivity contribution in [1.82, 2.24) is 10.3 Å². The SMILES string of the molecule is Cl.Fc1ccc(CCNCc2cnc(C3CCOCC3)o2)cc1. The van der Waals surface area contributed by atoms with Gasteiger partial charge < -0.3 is 14.5 Å². The fraction of sp³-hybridized carbons (Fsp3) is 0.471. The molecule has 0 radical (unpaired) electrons. The summed E-state index contributed by atoms with van der Waals surface area (Å²) in [5.41, 5.74) is 1.12. The van der Waals surface area contributed by atoms with Crippen LogP contribution in [0.5, 0.6) is 0 Å². The van der Waals surface area contributed by atoms with Gasteiger partial charge in [-0.3, -0.25) is 0 Å². The number of nitrogens with one attached hydrogen (secondary N) is 1. The summed E-state index contributed by atoms with van der Waals surface area (Å²) in [6.45, 7) is 3.06. The lowest BCUT2D eigenvalue weighted by molar-refractivity contribution is 0.0791. The predicted octanol–water partition coefficient (Wildman–Crippen LogP) is 3.46. The Bertz CT molecular complexity index is 583. The second-order valence-electron chi connectivity index (χ2n) is 5.60. The van der Waals surface area contributed by atoms with E-state index in [-0.39, 0.29) is 18.2 Å². The van der Waals surface area contributed by atoms with Gasteiger partial charge >= 0.3 is 0 Å². The van der Waals surface area contributed by atoms with Crippen LogP contribution in [0.3, 0.4) is 0 Å². The van der Waals surface area contributed by atoms with Crippen LogP contribution in [-0.4, -0.2) is 24.7 Å². The molecule has 1 aromatic carbocycles. The molecule has 6 heteroatoms. The smallest absolute Gasteiger partial charge is 0.197 e. The van der Waals surface area contributed by atoms with E-state index in [1.165, 1.54) is 12.1 Å². The van der Waals surface area contributed by atoms with Gasteiger partial charge in [0.2, 0.25) is 0 Å². The molecule has 0 aliphatic carbocycles. The maximum absolute atomic E-state index is 12.8. The van der Waals surface area contributed by atoms with Crippen molar-refractivity contribution in [2.24, 2.45) is 0 Å². The molecule has 1 aliphatic rings. The lowest BCUT2D eigenvalue weighted by Gasteiger charge is -2.18. The highest BCUT2D eigenvalue weighted by atomic mass is 35.5. The molecule has 0 amide bonds. The second kappa shape index (κ2) is 9.01. The molecule has 0 bridgehead atoms.